The van der Waals surface area contributed by atoms with E-state index in [-0.39, 0.29) is 11.5 Å². The molecule has 2 heteroatoms. The minimum Gasteiger partial charge on any atom is -0.491 e. The molecule has 0 fully saturated rings. The molecule has 0 bridgehead atoms. The summed E-state index contributed by atoms with van der Waals surface area (Å²) in [5.41, 5.74) is 2.70. The summed E-state index contributed by atoms with van der Waals surface area (Å²) in [6.07, 6.45) is 0.222. The third kappa shape index (κ3) is 4.87. The van der Waals surface area contributed by atoms with Gasteiger partial charge in [0.05, 0.1) is 6.10 Å². The Balaban J connectivity index is 2.87. The van der Waals surface area contributed by atoms with Crippen LogP contribution in [-0.4, -0.2) is 18.7 Å². The standard InChI is InChI=1S/C17H29NO/c1-12(2)18-11-17(6,7)15-8-9-16(14(5)10-15)19-13(3)4/h8-10,12-13,18H,11H2,1-7H3. The molecule has 0 aromatic heterocycles. The van der Waals surface area contributed by atoms with Gasteiger partial charge in [0.15, 0.2) is 0 Å². The van der Waals surface area contributed by atoms with E-state index in [1.165, 1.54) is 11.1 Å². The average molecular weight is 263 g/mol. The van der Waals surface area contributed by atoms with Gasteiger partial charge in [-0.1, -0.05) is 39.8 Å². The lowest BCUT2D eigenvalue weighted by Crippen LogP contribution is -2.36. The number of aryl methyl sites for hydroxylation is 1. The predicted octanol–water partition coefficient (Wildman–Crippen LogP) is 4.06. The zero-order valence-corrected chi connectivity index (χ0v) is 13.5. The molecular weight excluding hydrogens is 234 g/mol. The van der Waals surface area contributed by atoms with Crippen LogP contribution in [0.1, 0.15) is 52.7 Å². The predicted molar refractivity (Wildman–Crippen MR) is 83.1 cm³/mol. The highest BCUT2D eigenvalue weighted by Crippen LogP contribution is 2.28. The minimum atomic E-state index is 0.130. The second-order valence-corrected chi connectivity index (χ2v) is 6.57. The normalized spacial score (nSPS) is 12.3. The summed E-state index contributed by atoms with van der Waals surface area (Å²) in [6.45, 7) is 16.1. The summed E-state index contributed by atoms with van der Waals surface area (Å²) in [5, 5.41) is 3.52. The lowest BCUT2D eigenvalue weighted by molar-refractivity contribution is 0.240. The molecule has 0 amide bonds. The van der Waals surface area contributed by atoms with Crippen LogP contribution in [0.2, 0.25) is 0 Å². The van der Waals surface area contributed by atoms with Crippen LogP contribution in [0.15, 0.2) is 18.2 Å². The average Bonchev–Trinajstić information content (AvgIpc) is 2.28. The van der Waals surface area contributed by atoms with E-state index in [0.29, 0.717) is 6.04 Å². The molecule has 1 rings (SSSR count). The van der Waals surface area contributed by atoms with E-state index < -0.39 is 0 Å². The van der Waals surface area contributed by atoms with Crippen molar-refractivity contribution in [3.63, 3.8) is 0 Å². The highest BCUT2D eigenvalue weighted by Gasteiger charge is 2.21. The summed E-state index contributed by atoms with van der Waals surface area (Å²) in [5.74, 6) is 0.992. The molecule has 0 spiro atoms. The van der Waals surface area contributed by atoms with E-state index in [0.717, 1.165) is 12.3 Å². The Morgan fingerprint density at radius 3 is 2.26 bits per heavy atom. The topological polar surface area (TPSA) is 21.3 Å². The van der Waals surface area contributed by atoms with Gasteiger partial charge >= 0.3 is 0 Å². The molecule has 1 aromatic rings. The van der Waals surface area contributed by atoms with Crippen molar-refractivity contribution in [1.82, 2.24) is 5.32 Å². The molecule has 0 unspecified atom stereocenters. The maximum Gasteiger partial charge on any atom is 0.122 e. The van der Waals surface area contributed by atoms with Gasteiger partial charge in [-0.3, -0.25) is 0 Å². The summed E-state index contributed by atoms with van der Waals surface area (Å²) >= 11 is 0. The van der Waals surface area contributed by atoms with Gasteiger partial charge in [0.2, 0.25) is 0 Å². The van der Waals surface area contributed by atoms with Gasteiger partial charge in [-0.25, -0.2) is 0 Å². The van der Waals surface area contributed by atoms with Crippen molar-refractivity contribution < 1.29 is 4.74 Å². The smallest absolute Gasteiger partial charge is 0.122 e. The molecule has 0 aliphatic heterocycles. The lowest BCUT2D eigenvalue weighted by atomic mass is 9.83. The molecule has 0 saturated carbocycles. The number of rotatable bonds is 6. The zero-order valence-electron chi connectivity index (χ0n) is 13.5. The first-order valence-electron chi connectivity index (χ1n) is 7.23. The van der Waals surface area contributed by atoms with Gasteiger partial charge < -0.3 is 10.1 Å². The number of ether oxygens (including phenoxy) is 1. The third-order valence-corrected chi connectivity index (χ3v) is 3.27. The molecule has 108 valence electrons. The van der Waals surface area contributed by atoms with E-state index in [1.807, 2.05) is 0 Å². The van der Waals surface area contributed by atoms with E-state index in [4.69, 9.17) is 4.74 Å². The number of nitrogens with one attached hydrogen (secondary N) is 1. The van der Waals surface area contributed by atoms with Crippen LogP contribution >= 0.6 is 0 Å². The fourth-order valence-corrected chi connectivity index (χ4v) is 2.02. The van der Waals surface area contributed by atoms with Crippen LogP contribution < -0.4 is 10.1 Å². The van der Waals surface area contributed by atoms with E-state index in [2.05, 4.69) is 72.0 Å². The second-order valence-electron chi connectivity index (χ2n) is 6.57. The molecule has 1 N–H and O–H groups in total. The molecule has 0 heterocycles. The molecule has 0 aliphatic carbocycles. The molecule has 0 saturated heterocycles. The Morgan fingerprint density at radius 1 is 1.16 bits per heavy atom. The fourth-order valence-electron chi connectivity index (χ4n) is 2.02. The molecule has 1 aromatic carbocycles. The molecule has 0 aliphatic rings. The lowest BCUT2D eigenvalue weighted by Gasteiger charge is -2.28. The van der Waals surface area contributed by atoms with Crippen molar-refractivity contribution in [1.29, 1.82) is 0 Å². The number of hydrogen-bond donors (Lipinski definition) is 1. The zero-order chi connectivity index (χ0) is 14.6. The quantitative estimate of drug-likeness (QED) is 0.835. The Morgan fingerprint density at radius 2 is 1.79 bits per heavy atom. The van der Waals surface area contributed by atoms with Crippen LogP contribution in [0, 0.1) is 6.92 Å². The van der Waals surface area contributed by atoms with Crippen molar-refractivity contribution in [3.8, 4) is 5.75 Å². The van der Waals surface area contributed by atoms with Crippen LogP contribution in [0.4, 0.5) is 0 Å². The Hall–Kier alpha value is -1.02. The Bertz CT molecular complexity index is 408. The maximum absolute atomic E-state index is 5.80. The Labute approximate surface area is 118 Å². The van der Waals surface area contributed by atoms with Crippen molar-refractivity contribution in [2.75, 3.05) is 6.54 Å². The van der Waals surface area contributed by atoms with Crippen molar-refractivity contribution in [2.45, 2.75) is 66.0 Å². The third-order valence-electron chi connectivity index (χ3n) is 3.27. The van der Waals surface area contributed by atoms with E-state index in [1.54, 1.807) is 0 Å². The van der Waals surface area contributed by atoms with Gasteiger partial charge in [-0.2, -0.15) is 0 Å². The second kappa shape index (κ2) is 6.42. The van der Waals surface area contributed by atoms with Crippen LogP contribution in [0.5, 0.6) is 5.75 Å². The van der Waals surface area contributed by atoms with E-state index in [9.17, 15) is 0 Å². The van der Waals surface area contributed by atoms with Gasteiger partial charge in [-0.15, -0.1) is 0 Å². The molecule has 2 nitrogen and oxygen atoms in total. The SMILES string of the molecule is Cc1cc(C(C)(C)CNC(C)C)ccc1OC(C)C. The van der Waals surface area contributed by atoms with Gasteiger partial charge in [0.25, 0.3) is 0 Å². The molecular formula is C17H29NO. The highest BCUT2D eigenvalue weighted by atomic mass is 16.5. The summed E-state index contributed by atoms with van der Waals surface area (Å²) < 4.78 is 5.80. The van der Waals surface area contributed by atoms with Crippen LogP contribution in [0.25, 0.3) is 0 Å². The summed E-state index contributed by atoms with van der Waals surface area (Å²) in [4.78, 5) is 0. The highest BCUT2D eigenvalue weighted by molar-refractivity contribution is 5.39. The molecule has 19 heavy (non-hydrogen) atoms. The molecule has 0 atom stereocenters. The van der Waals surface area contributed by atoms with Crippen molar-refractivity contribution in [3.05, 3.63) is 29.3 Å². The van der Waals surface area contributed by atoms with Crippen molar-refractivity contribution in [2.24, 2.45) is 0 Å². The van der Waals surface area contributed by atoms with Crippen LogP contribution in [0.3, 0.4) is 0 Å². The largest absolute Gasteiger partial charge is 0.491 e. The van der Waals surface area contributed by atoms with E-state index >= 15 is 0 Å². The van der Waals surface area contributed by atoms with Crippen LogP contribution in [-0.2, 0) is 5.41 Å². The summed E-state index contributed by atoms with van der Waals surface area (Å²) in [6, 6.07) is 7.05. The minimum absolute atomic E-state index is 0.130. The fraction of sp³-hybridized carbons (Fsp3) is 0.647. The number of benzene rings is 1. The van der Waals surface area contributed by atoms with Crippen molar-refractivity contribution >= 4 is 0 Å². The first kappa shape index (κ1) is 16.0. The first-order chi connectivity index (χ1) is 8.72. The Kier molecular flexibility index (Phi) is 5.42. The number of hydrogen-bond acceptors (Lipinski definition) is 2. The van der Waals surface area contributed by atoms with Gasteiger partial charge in [0.1, 0.15) is 5.75 Å². The monoisotopic (exact) mass is 263 g/mol. The summed E-state index contributed by atoms with van der Waals surface area (Å²) in [7, 11) is 0. The maximum atomic E-state index is 5.80. The van der Waals surface area contributed by atoms with Gasteiger partial charge in [0, 0.05) is 18.0 Å². The van der Waals surface area contributed by atoms with Gasteiger partial charge in [-0.05, 0) is 38.0 Å². The first-order valence-corrected chi connectivity index (χ1v) is 7.23. The molecule has 0 radical (unpaired) electrons.